The molecule has 0 rings (SSSR count). The Morgan fingerprint density at radius 1 is 1.50 bits per heavy atom. The molecule has 20 valence electrons. The third-order valence-corrected chi connectivity index (χ3v) is 0. The van der Waals surface area contributed by atoms with Crippen LogP contribution in [0.4, 0.5) is 0 Å². The molecule has 4 heavy (non-hydrogen) atoms. The summed E-state index contributed by atoms with van der Waals surface area (Å²) >= 11 is 0.300. The van der Waals surface area contributed by atoms with Crippen molar-refractivity contribution in [2.24, 2.45) is 0 Å². The molecule has 1 nitrogen and oxygen atoms in total. The Balaban J connectivity index is -0.000000000833. The Morgan fingerprint density at radius 3 is 1.50 bits per heavy atom. The predicted molar refractivity (Wildman–Crippen MR) is 24.4 cm³/mol. The van der Waals surface area contributed by atoms with Crippen LogP contribution in [-0.2, 0) is 3.08 Å². The van der Waals surface area contributed by atoms with E-state index in [-0.39, 0.29) is 51.7 Å². The van der Waals surface area contributed by atoms with E-state index >= 15 is 0 Å². The molecule has 0 unspecified atom stereocenters. The summed E-state index contributed by atoms with van der Waals surface area (Å²) in [6.45, 7) is 0. The van der Waals surface area contributed by atoms with Crippen LogP contribution in [-0.4, -0.2) is 71.4 Å². The quantitative estimate of drug-likeness (QED) is 0.476. The third-order valence-electron chi connectivity index (χ3n) is 0. The van der Waals surface area contributed by atoms with Gasteiger partial charge in [-0.3, -0.25) is 0 Å². The van der Waals surface area contributed by atoms with E-state index in [4.69, 9.17) is 3.08 Å². The first-order chi connectivity index (χ1) is 1.00. The molecule has 0 aliphatic rings. The number of rotatable bonds is 0. The fourth-order valence-electron chi connectivity index (χ4n) is 0. The summed E-state index contributed by atoms with van der Waals surface area (Å²) in [5.74, 6) is 0. The first kappa shape index (κ1) is 16.3. The van der Waals surface area contributed by atoms with E-state index in [0.717, 1.165) is 0 Å². The average Bonchev–Trinajstić information content (AvgIpc) is 1.00. The zero-order valence-corrected chi connectivity index (χ0v) is 5.88. The molecule has 4 heteroatoms. The molecule has 0 aliphatic carbocycles. The molecule has 0 aromatic carbocycles. The molecule has 0 bridgehead atoms. The minimum absolute atomic E-state index is 0. The SMILES string of the molecule is [H-].[H-].[InH3].[Mg+2].[O]=[Sn]. The van der Waals surface area contributed by atoms with Crippen molar-refractivity contribution in [3.05, 3.63) is 0 Å². The van der Waals surface area contributed by atoms with Gasteiger partial charge in [0.1, 0.15) is 0 Å². The van der Waals surface area contributed by atoms with Crippen LogP contribution >= 0.6 is 0 Å². The van der Waals surface area contributed by atoms with Crippen molar-refractivity contribution in [3.63, 3.8) is 0 Å². The fraction of sp³-hybridized carbons (Fsp3) is 0. The molecular weight excluding hydrogens is 274 g/mol. The van der Waals surface area contributed by atoms with Crippen LogP contribution in [0.2, 0.25) is 0 Å². The number of hydrogen-bond acceptors (Lipinski definition) is 1. The summed E-state index contributed by atoms with van der Waals surface area (Å²) < 4.78 is 8.34. The van der Waals surface area contributed by atoms with E-state index in [1.54, 1.807) is 0 Å². The van der Waals surface area contributed by atoms with Crippen molar-refractivity contribution in [1.29, 1.82) is 0 Å². The van der Waals surface area contributed by atoms with Gasteiger partial charge in [-0.2, -0.15) is 0 Å². The zero-order chi connectivity index (χ0) is 2.00. The van der Waals surface area contributed by atoms with Crippen molar-refractivity contribution in [1.82, 2.24) is 0 Å². The molecule has 0 saturated heterocycles. The maximum atomic E-state index is 8.34. The normalized spacial score (nSPS) is 1.00. The van der Waals surface area contributed by atoms with Gasteiger partial charge in [0.05, 0.1) is 0 Å². The summed E-state index contributed by atoms with van der Waals surface area (Å²) in [7, 11) is 0. The van der Waals surface area contributed by atoms with Crippen LogP contribution in [0.25, 0.3) is 0 Å². The van der Waals surface area contributed by atoms with Gasteiger partial charge in [-0.15, -0.1) is 0 Å². The van der Waals surface area contributed by atoms with E-state index in [9.17, 15) is 0 Å². The van der Waals surface area contributed by atoms with Crippen LogP contribution in [0.1, 0.15) is 2.85 Å². The van der Waals surface area contributed by atoms with E-state index in [1.807, 2.05) is 0 Å². The Hall–Kier alpha value is 2.24. The Kier molecular flexibility index (Phi) is 76.7. The molecule has 0 fully saturated rings. The molecule has 2 radical (unpaired) electrons. The molecule has 0 amide bonds. The second-order valence-electron chi connectivity index (χ2n) is 0. The second-order valence-corrected chi connectivity index (χ2v) is 0. The van der Waals surface area contributed by atoms with Gasteiger partial charge in [0.25, 0.3) is 0 Å². The van der Waals surface area contributed by atoms with Gasteiger partial charge in [-0.25, -0.2) is 0 Å². The average molecular weight is 279 g/mol. The standard InChI is InChI=1S/In.Mg.O.Sn.5H/q;+2;;;;;;2*-1. The summed E-state index contributed by atoms with van der Waals surface area (Å²) in [6.07, 6.45) is 0. The topological polar surface area (TPSA) is 17.1 Å². The van der Waals surface area contributed by atoms with E-state index in [0.29, 0.717) is 22.5 Å². The van der Waals surface area contributed by atoms with Crippen molar-refractivity contribution >= 4 is 71.4 Å². The summed E-state index contributed by atoms with van der Waals surface area (Å²) in [6, 6.07) is 0. The van der Waals surface area contributed by atoms with Crippen molar-refractivity contribution in [2.45, 2.75) is 0 Å². The molecule has 0 saturated carbocycles. The Labute approximate surface area is 76.3 Å². The van der Waals surface area contributed by atoms with E-state index < -0.39 is 0 Å². The van der Waals surface area contributed by atoms with Gasteiger partial charge in [0.2, 0.25) is 0 Å². The van der Waals surface area contributed by atoms with Crippen LogP contribution in [0.3, 0.4) is 0 Å². The number of hydrogen-bond donors (Lipinski definition) is 0. The Bertz CT molecular complexity index is 13.5. The monoisotopic (exact) mass is 280 g/mol. The van der Waals surface area contributed by atoms with Crippen LogP contribution in [0.15, 0.2) is 0 Å². The third kappa shape index (κ3) is 8.87. The summed E-state index contributed by atoms with van der Waals surface area (Å²) in [5, 5.41) is 0. The van der Waals surface area contributed by atoms with Gasteiger partial charge in [-0.05, 0) is 0 Å². The van der Waals surface area contributed by atoms with Gasteiger partial charge < -0.3 is 2.85 Å². The van der Waals surface area contributed by atoms with Gasteiger partial charge >= 0.3 is 74.5 Å². The van der Waals surface area contributed by atoms with Crippen molar-refractivity contribution in [2.75, 3.05) is 0 Å². The summed E-state index contributed by atoms with van der Waals surface area (Å²) in [4.78, 5) is 0. The first-order valence-corrected chi connectivity index (χ1v) is 1.37. The van der Waals surface area contributed by atoms with Gasteiger partial charge in [0, 0.05) is 0 Å². The molecule has 0 heterocycles. The molecule has 0 spiro atoms. The molecular formula is H5InMgOSn. The zero-order valence-electron chi connectivity index (χ0n) is 3.62. The van der Waals surface area contributed by atoms with Crippen molar-refractivity contribution < 1.29 is 5.93 Å². The van der Waals surface area contributed by atoms with Crippen LogP contribution in [0, 0.1) is 0 Å². The molecule has 0 N–H and O–H groups in total. The fourth-order valence-corrected chi connectivity index (χ4v) is 0. The molecule has 0 aliphatic heterocycles. The van der Waals surface area contributed by atoms with Gasteiger partial charge in [-0.1, -0.05) is 0 Å². The molecule has 0 aromatic heterocycles. The second kappa shape index (κ2) is 18.8. The Morgan fingerprint density at radius 2 is 1.50 bits per heavy atom. The van der Waals surface area contributed by atoms with Crippen LogP contribution in [0.5, 0.6) is 0 Å². The predicted octanol–water partition coefficient (Wildman–Crippen LogP) is -1.84. The summed E-state index contributed by atoms with van der Waals surface area (Å²) in [5.41, 5.74) is 0. The van der Waals surface area contributed by atoms with E-state index in [2.05, 4.69) is 0 Å². The first-order valence-electron chi connectivity index (χ1n) is 0.204. The van der Waals surface area contributed by atoms with Crippen molar-refractivity contribution in [3.8, 4) is 0 Å². The van der Waals surface area contributed by atoms with Gasteiger partial charge in [0.15, 0.2) is 0 Å². The maximum absolute atomic E-state index is 8.34. The minimum atomic E-state index is 0. The molecule has 0 atom stereocenters. The van der Waals surface area contributed by atoms with Crippen LogP contribution < -0.4 is 0 Å². The molecule has 0 aromatic rings. The van der Waals surface area contributed by atoms with E-state index in [1.165, 1.54) is 0 Å².